The predicted molar refractivity (Wildman–Crippen MR) is 74.2 cm³/mol. The molecule has 1 amide bonds. The van der Waals surface area contributed by atoms with E-state index in [0.29, 0.717) is 16.1 Å². The van der Waals surface area contributed by atoms with Crippen LogP contribution in [0.25, 0.3) is 0 Å². The molecule has 0 atom stereocenters. The molecule has 1 heterocycles. The highest BCUT2D eigenvalue weighted by atomic mass is 35.5. The van der Waals surface area contributed by atoms with Crippen molar-refractivity contribution in [3.63, 3.8) is 0 Å². The average molecular weight is 334 g/mol. The lowest BCUT2D eigenvalue weighted by atomic mass is 10.2. The van der Waals surface area contributed by atoms with Crippen molar-refractivity contribution < 1.29 is 22.7 Å². The lowest BCUT2D eigenvalue weighted by molar-refractivity contribution is -0.143. The van der Waals surface area contributed by atoms with Gasteiger partial charge in [-0.3, -0.25) is 9.48 Å². The number of anilines is 1. The second-order valence-electron chi connectivity index (χ2n) is 4.32. The number of nitrogens with one attached hydrogen (secondary N) is 1. The fourth-order valence-electron chi connectivity index (χ4n) is 1.82. The molecule has 22 heavy (non-hydrogen) atoms. The molecule has 118 valence electrons. The summed E-state index contributed by atoms with van der Waals surface area (Å²) in [6, 6.07) is 6.27. The summed E-state index contributed by atoms with van der Waals surface area (Å²) in [6.07, 6.45) is -4.70. The summed E-state index contributed by atoms with van der Waals surface area (Å²) in [5.74, 6) is -0.255. The fraction of sp³-hybridized carbons (Fsp3) is 0.231. The molecule has 1 aromatic carbocycles. The summed E-state index contributed by atoms with van der Waals surface area (Å²) < 4.78 is 43.9. The smallest absolute Gasteiger partial charge is 0.434 e. The number of nitrogens with zero attached hydrogens (tertiary/aromatic N) is 2. The SMILES string of the molecule is COc1ccc(NC(=O)c2nn(C)c(C(F)(F)F)c2Cl)cc1. The van der Waals surface area contributed by atoms with E-state index in [0.717, 1.165) is 7.05 Å². The van der Waals surface area contributed by atoms with E-state index in [2.05, 4.69) is 10.4 Å². The van der Waals surface area contributed by atoms with Crippen LogP contribution >= 0.6 is 11.6 Å². The predicted octanol–water partition coefficient (Wildman–Crippen LogP) is 3.35. The molecule has 0 aliphatic heterocycles. The zero-order valence-corrected chi connectivity index (χ0v) is 12.3. The summed E-state index contributed by atoms with van der Waals surface area (Å²) in [5, 5.41) is 5.22. The molecule has 0 unspecified atom stereocenters. The lowest BCUT2D eigenvalue weighted by Gasteiger charge is -2.06. The lowest BCUT2D eigenvalue weighted by Crippen LogP contribution is -2.13. The Kier molecular flexibility index (Phi) is 4.32. The maximum Gasteiger partial charge on any atom is 0.434 e. The molecule has 2 rings (SSSR count). The van der Waals surface area contributed by atoms with Gasteiger partial charge in [-0.25, -0.2) is 0 Å². The monoisotopic (exact) mass is 333 g/mol. The van der Waals surface area contributed by atoms with Crippen LogP contribution < -0.4 is 10.1 Å². The van der Waals surface area contributed by atoms with Crippen LogP contribution in [0.4, 0.5) is 18.9 Å². The number of rotatable bonds is 3. The molecule has 1 aromatic heterocycles. The van der Waals surface area contributed by atoms with Gasteiger partial charge in [0, 0.05) is 12.7 Å². The molecule has 0 saturated carbocycles. The number of halogens is 4. The van der Waals surface area contributed by atoms with Crippen molar-refractivity contribution >= 4 is 23.2 Å². The van der Waals surface area contributed by atoms with Crippen molar-refractivity contribution in [3.05, 3.63) is 40.7 Å². The standard InChI is InChI=1S/C13H11ClF3N3O2/c1-20-11(13(15,16)17)9(14)10(19-20)12(21)18-7-3-5-8(22-2)6-4-7/h3-6H,1-2H3,(H,18,21). The number of hydrogen-bond donors (Lipinski definition) is 1. The van der Waals surface area contributed by atoms with E-state index < -0.39 is 28.5 Å². The van der Waals surface area contributed by atoms with Crippen LogP contribution in [0.2, 0.25) is 5.02 Å². The van der Waals surface area contributed by atoms with Gasteiger partial charge >= 0.3 is 6.18 Å². The second-order valence-corrected chi connectivity index (χ2v) is 4.69. The van der Waals surface area contributed by atoms with E-state index in [-0.39, 0.29) is 0 Å². The number of carbonyl (C=O) groups excluding carboxylic acids is 1. The fourth-order valence-corrected chi connectivity index (χ4v) is 2.17. The Bertz CT molecular complexity index is 696. The topological polar surface area (TPSA) is 56.1 Å². The van der Waals surface area contributed by atoms with E-state index >= 15 is 0 Å². The molecule has 0 spiro atoms. The van der Waals surface area contributed by atoms with E-state index in [1.807, 2.05) is 0 Å². The third kappa shape index (κ3) is 3.16. The normalized spacial score (nSPS) is 11.4. The maximum atomic E-state index is 12.8. The minimum Gasteiger partial charge on any atom is -0.497 e. The Morgan fingerprint density at radius 2 is 1.91 bits per heavy atom. The summed E-state index contributed by atoms with van der Waals surface area (Å²) >= 11 is 5.64. The molecule has 1 N–H and O–H groups in total. The Hall–Kier alpha value is -2.22. The number of methoxy groups -OCH3 is 1. The number of alkyl halides is 3. The van der Waals surface area contributed by atoms with Crippen molar-refractivity contribution in [2.24, 2.45) is 7.05 Å². The van der Waals surface area contributed by atoms with E-state index in [1.54, 1.807) is 12.1 Å². The number of benzene rings is 1. The number of ether oxygens (including phenoxy) is 1. The van der Waals surface area contributed by atoms with Crippen molar-refractivity contribution in [3.8, 4) is 5.75 Å². The first-order valence-electron chi connectivity index (χ1n) is 5.99. The van der Waals surface area contributed by atoms with E-state index in [1.165, 1.54) is 19.2 Å². The van der Waals surface area contributed by atoms with Gasteiger partial charge in [0.1, 0.15) is 10.8 Å². The van der Waals surface area contributed by atoms with Gasteiger partial charge in [0.15, 0.2) is 11.4 Å². The summed E-state index contributed by atoms with van der Waals surface area (Å²) in [4.78, 5) is 12.0. The number of carbonyl (C=O) groups is 1. The Morgan fingerprint density at radius 3 is 2.36 bits per heavy atom. The van der Waals surface area contributed by atoms with Gasteiger partial charge in [-0.15, -0.1) is 0 Å². The van der Waals surface area contributed by atoms with Gasteiger partial charge in [-0.05, 0) is 24.3 Å². The second kappa shape index (κ2) is 5.88. The molecule has 0 radical (unpaired) electrons. The highest BCUT2D eigenvalue weighted by molar-refractivity contribution is 6.34. The van der Waals surface area contributed by atoms with Gasteiger partial charge in [-0.2, -0.15) is 18.3 Å². The highest BCUT2D eigenvalue weighted by Crippen LogP contribution is 2.36. The number of aryl methyl sites for hydroxylation is 1. The summed E-state index contributed by atoms with van der Waals surface area (Å²) in [7, 11) is 2.55. The van der Waals surface area contributed by atoms with Crippen molar-refractivity contribution in [1.82, 2.24) is 9.78 Å². The molecule has 0 aliphatic rings. The van der Waals surface area contributed by atoms with Crippen molar-refractivity contribution in [2.45, 2.75) is 6.18 Å². The zero-order valence-electron chi connectivity index (χ0n) is 11.5. The molecule has 0 bridgehead atoms. The first kappa shape index (κ1) is 16.2. The van der Waals surface area contributed by atoms with Gasteiger partial charge in [0.2, 0.25) is 0 Å². The van der Waals surface area contributed by atoms with Crippen LogP contribution in [0, 0.1) is 0 Å². The largest absolute Gasteiger partial charge is 0.497 e. The Balaban J connectivity index is 2.26. The quantitative estimate of drug-likeness (QED) is 0.937. The van der Waals surface area contributed by atoms with Gasteiger partial charge in [-0.1, -0.05) is 11.6 Å². The van der Waals surface area contributed by atoms with Crippen LogP contribution in [0.3, 0.4) is 0 Å². The minimum atomic E-state index is -4.70. The van der Waals surface area contributed by atoms with Crippen LogP contribution in [-0.2, 0) is 13.2 Å². The Labute approximate surface area is 128 Å². The molecule has 2 aromatic rings. The van der Waals surface area contributed by atoms with Crippen LogP contribution in [0.15, 0.2) is 24.3 Å². The molecule has 0 fully saturated rings. The first-order chi connectivity index (χ1) is 10.2. The van der Waals surface area contributed by atoms with Gasteiger partial charge < -0.3 is 10.1 Å². The van der Waals surface area contributed by atoms with Crippen molar-refractivity contribution in [2.75, 3.05) is 12.4 Å². The van der Waals surface area contributed by atoms with Crippen molar-refractivity contribution in [1.29, 1.82) is 0 Å². The average Bonchev–Trinajstić information content (AvgIpc) is 2.74. The van der Waals surface area contributed by atoms with Crippen LogP contribution in [-0.4, -0.2) is 22.8 Å². The minimum absolute atomic E-state index is 0.376. The highest BCUT2D eigenvalue weighted by Gasteiger charge is 2.39. The first-order valence-corrected chi connectivity index (χ1v) is 6.37. The third-order valence-corrected chi connectivity index (χ3v) is 3.18. The summed E-state index contributed by atoms with van der Waals surface area (Å²) in [5.41, 5.74) is -1.29. The Morgan fingerprint density at radius 1 is 1.32 bits per heavy atom. The van der Waals surface area contributed by atoms with Crippen LogP contribution in [0.1, 0.15) is 16.2 Å². The maximum absolute atomic E-state index is 12.8. The zero-order chi connectivity index (χ0) is 16.5. The van der Waals surface area contributed by atoms with Gasteiger partial charge in [0.25, 0.3) is 5.91 Å². The van der Waals surface area contributed by atoms with E-state index in [4.69, 9.17) is 16.3 Å². The van der Waals surface area contributed by atoms with E-state index in [9.17, 15) is 18.0 Å². The molecule has 0 saturated heterocycles. The molecule has 0 aliphatic carbocycles. The number of amides is 1. The number of aromatic nitrogens is 2. The third-order valence-electron chi connectivity index (χ3n) is 2.82. The molecule has 5 nitrogen and oxygen atoms in total. The number of hydrogen-bond acceptors (Lipinski definition) is 3. The molecule has 9 heteroatoms. The molecular formula is C13H11ClF3N3O2. The van der Waals surface area contributed by atoms with Gasteiger partial charge in [0.05, 0.1) is 7.11 Å². The molecular weight excluding hydrogens is 323 g/mol. The summed E-state index contributed by atoms with van der Waals surface area (Å²) in [6.45, 7) is 0. The van der Waals surface area contributed by atoms with Crippen LogP contribution in [0.5, 0.6) is 5.75 Å².